The monoisotopic (exact) mass is 554 g/mol. The molecule has 6 atom stereocenters. The second-order valence-electron chi connectivity index (χ2n) is 7.69. The molecule has 0 aromatic carbocycles. The lowest BCUT2D eigenvalue weighted by atomic mass is 9.98. The van der Waals surface area contributed by atoms with Crippen LogP contribution in [-0.4, -0.2) is 79.4 Å². The van der Waals surface area contributed by atoms with Gasteiger partial charge in [0, 0.05) is 33.0 Å². The van der Waals surface area contributed by atoms with Crippen molar-refractivity contribution >= 4 is 39.8 Å². The van der Waals surface area contributed by atoms with Gasteiger partial charge < -0.3 is 33.2 Å². The zero-order chi connectivity index (χ0) is 25.7. The van der Waals surface area contributed by atoms with Crippen LogP contribution in [0.5, 0.6) is 0 Å². The Bertz CT molecular complexity index is 671. The first-order valence-electron chi connectivity index (χ1n) is 11.2. The summed E-state index contributed by atoms with van der Waals surface area (Å²) in [5, 5.41) is 0.569. The van der Waals surface area contributed by atoms with Crippen LogP contribution in [0.25, 0.3) is 0 Å². The van der Waals surface area contributed by atoms with Gasteiger partial charge in [-0.3, -0.25) is 19.2 Å². The molecule has 0 saturated carbocycles. The molecule has 11 nitrogen and oxygen atoms in total. The van der Waals surface area contributed by atoms with Crippen LogP contribution in [0.4, 0.5) is 0 Å². The van der Waals surface area contributed by atoms with Gasteiger partial charge in [-0.15, -0.1) is 0 Å². The van der Waals surface area contributed by atoms with Gasteiger partial charge in [-0.1, -0.05) is 35.7 Å². The van der Waals surface area contributed by atoms with E-state index in [4.69, 9.17) is 33.2 Å². The van der Waals surface area contributed by atoms with E-state index in [0.717, 1.165) is 33.1 Å². The fraction of sp³-hybridized carbons (Fsp3) is 0.818. The second-order valence-corrected chi connectivity index (χ2v) is 8.48. The minimum atomic E-state index is -1.28. The summed E-state index contributed by atoms with van der Waals surface area (Å²) in [6, 6.07) is 0. The highest BCUT2D eigenvalue weighted by Gasteiger charge is 2.53. The molecular weight excluding hydrogens is 520 g/mol. The molecule has 0 aliphatic carbocycles. The van der Waals surface area contributed by atoms with E-state index in [1.165, 1.54) is 13.8 Å². The highest BCUT2D eigenvalue weighted by molar-refractivity contribution is 9.09. The third kappa shape index (κ3) is 11.1. The predicted molar refractivity (Wildman–Crippen MR) is 121 cm³/mol. The molecule has 0 N–H and O–H groups in total. The second kappa shape index (κ2) is 16.0. The van der Waals surface area contributed by atoms with Gasteiger partial charge in [0.2, 0.25) is 6.29 Å². The average Bonchev–Trinajstić information content (AvgIpc) is 2.73. The molecule has 0 unspecified atom stereocenters. The van der Waals surface area contributed by atoms with E-state index in [9.17, 15) is 19.2 Å². The molecule has 0 aromatic rings. The normalized spacial score (nSPS) is 25.2. The lowest BCUT2D eigenvalue weighted by Crippen LogP contribution is -2.63. The molecule has 1 aliphatic heterocycles. The fourth-order valence-electron chi connectivity index (χ4n) is 3.38. The van der Waals surface area contributed by atoms with E-state index in [-0.39, 0.29) is 6.61 Å². The van der Waals surface area contributed by atoms with Gasteiger partial charge in [0.15, 0.2) is 24.6 Å². The first-order valence-corrected chi connectivity index (χ1v) is 12.3. The predicted octanol–water partition coefficient (Wildman–Crippen LogP) is 2.40. The number of hydrogen-bond acceptors (Lipinski definition) is 11. The maximum atomic E-state index is 11.9. The topological polar surface area (TPSA) is 133 Å². The maximum Gasteiger partial charge on any atom is 0.303 e. The Morgan fingerprint density at radius 3 is 1.97 bits per heavy atom. The highest BCUT2D eigenvalue weighted by Crippen LogP contribution is 2.31. The van der Waals surface area contributed by atoms with Crippen LogP contribution >= 0.6 is 15.9 Å². The molecule has 34 heavy (non-hydrogen) atoms. The summed E-state index contributed by atoms with van der Waals surface area (Å²) < 4.78 is 39.0. The molecule has 1 fully saturated rings. The van der Waals surface area contributed by atoms with Crippen LogP contribution in [0.2, 0.25) is 0 Å². The van der Waals surface area contributed by atoms with Gasteiger partial charge in [0.1, 0.15) is 12.7 Å². The van der Waals surface area contributed by atoms with Crippen LogP contribution in [0.1, 0.15) is 60.3 Å². The zero-order valence-corrected chi connectivity index (χ0v) is 21.9. The molecule has 0 bridgehead atoms. The molecular formula is C22H35BrO11. The Kier molecular flexibility index (Phi) is 14.3. The number of unbranched alkanes of at least 4 members (excludes halogenated alkanes) is 2. The summed E-state index contributed by atoms with van der Waals surface area (Å²) in [5.41, 5.74) is 0. The van der Waals surface area contributed by atoms with Crippen LogP contribution in [0.3, 0.4) is 0 Å². The summed E-state index contributed by atoms with van der Waals surface area (Å²) in [6.07, 6.45) is -3.54. The molecule has 1 heterocycles. The van der Waals surface area contributed by atoms with E-state index in [2.05, 4.69) is 22.9 Å². The number of rotatable bonds is 14. The number of ether oxygens (including phenoxy) is 7. The molecule has 1 aliphatic rings. The Balaban J connectivity index is 3.30. The van der Waals surface area contributed by atoms with E-state index in [1.54, 1.807) is 0 Å². The Morgan fingerprint density at radius 1 is 0.853 bits per heavy atom. The molecule has 1 saturated heterocycles. The van der Waals surface area contributed by atoms with Crippen molar-refractivity contribution in [3.05, 3.63) is 0 Å². The van der Waals surface area contributed by atoms with Crippen molar-refractivity contribution in [3.63, 3.8) is 0 Å². The summed E-state index contributed by atoms with van der Waals surface area (Å²) in [4.78, 5) is 47.0. The third-order valence-electron chi connectivity index (χ3n) is 4.66. The number of esters is 4. The number of carbonyl (C=O) groups excluding carboxylic acids is 4. The van der Waals surface area contributed by atoms with Crippen molar-refractivity contribution in [2.45, 2.75) is 97.3 Å². The Hall–Kier alpha value is -1.76. The van der Waals surface area contributed by atoms with Gasteiger partial charge >= 0.3 is 23.9 Å². The lowest BCUT2D eigenvalue weighted by Gasteiger charge is -2.44. The van der Waals surface area contributed by atoms with Crippen molar-refractivity contribution < 1.29 is 52.3 Å². The molecule has 0 radical (unpaired) electrons. The SMILES string of the molecule is CCCCC[C@H](OCCBr)O[C@H]1O[C@H](COC(C)=O)[C@@H](OC(C)=O)[C@H](OC(C)=O)[C@H]1OC(C)=O. The Morgan fingerprint density at radius 2 is 1.44 bits per heavy atom. The number of carbonyl (C=O) groups is 4. The van der Waals surface area contributed by atoms with E-state index in [1.807, 2.05) is 0 Å². The molecule has 0 aromatic heterocycles. The van der Waals surface area contributed by atoms with Crippen LogP contribution in [0, 0.1) is 0 Å². The number of halogens is 1. The number of hydrogen-bond donors (Lipinski definition) is 0. The van der Waals surface area contributed by atoms with Gasteiger partial charge in [-0.05, 0) is 12.8 Å². The number of alkyl halides is 1. The first kappa shape index (κ1) is 30.3. The molecule has 0 spiro atoms. The van der Waals surface area contributed by atoms with Crippen molar-refractivity contribution in [3.8, 4) is 0 Å². The maximum absolute atomic E-state index is 11.9. The minimum Gasteiger partial charge on any atom is -0.463 e. The highest BCUT2D eigenvalue weighted by atomic mass is 79.9. The average molecular weight is 555 g/mol. The third-order valence-corrected chi connectivity index (χ3v) is 4.98. The minimum absolute atomic E-state index is 0.319. The van der Waals surface area contributed by atoms with Crippen LogP contribution in [-0.2, 0) is 52.3 Å². The summed E-state index contributed by atoms with van der Waals surface area (Å²) >= 11 is 3.31. The van der Waals surface area contributed by atoms with E-state index >= 15 is 0 Å². The molecule has 196 valence electrons. The summed E-state index contributed by atoms with van der Waals surface area (Å²) in [5.74, 6) is -2.69. The molecule has 12 heteroatoms. The van der Waals surface area contributed by atoms with Gasteiger partial charge in [-0.2, -0.15) is 0 Å². The zero-order valence-electron chi connectivity index (χ0n) is 20.3. The fourth-order valence-corrected chi connectivity index (χ4v) is 3.56. The van der Waals surface area contributed by atoms with Crippen LogP contribution < -0.4 is 0 Å². The van der Waals surface area contributed by atoms with Crippen molar-refractivity contribution in [1.29, 1.82) is 0 Å². The quantitative estimate of drug-likeness (QED) is 0.103. The van der Waals surface area contributed by atoms with Crippen molar-refractivity contribution in [2.24, 2.45) is 0 Å². The Labute approximate surface area is 208 Å². The smallest absolute Gasteiger partial charge is 0.303 e. The lowest BCUT2D eigenvalue weighted by molar-refractivity contribution is -0.340. The van der Waals surface area contributed by atoms with Gasteiger partial charge in [0.25, 0.3) is 0 Å². The van der Waals surface area contributed by atoms with E-state index in [0.29, 0.717) is 18.4 Å². The summed E-state index contributed by atoms with van der Waals surface area (Å²) in [6.45, 7) is 6.80. The van der Waals surface area contributed by atoms with Crippen molar-refractivity contribution in [2.75, 3.05) is 18.5 Å². The largest absolute Gasteiger partial charge is 0.463 e. The van der Waals surface area contributed by atoms with E-state index < -0.39 is 60.9 Å². The molecule has 0 amide bonds. The summed E-state index contributed by atoms with van der Waals surface area (Å²) in [7, 11) is 0. The van der Waals surface area contributed by atoms with Gasteiger partial charge in [-0.25, -0.2) is 0 Å². The molecule has 1 rings (SSSR count). The standard InChI is InChI=1S/C22H35BrO11/c1-6-7-8-9-18(28-11-10-23)34-22-21(32-16(5)27)20(31-15(4)26)19(30-14(3)25)17(33-22)12-29-13(2)24/h17-22H,6-12H2,1-5H3/t17-,18-,19-,20+,21-,22-/m1/s1. The first-order chi connectivity index (χ1) is 16.1. The van der Waals surface area contributed by atoms with Gasteiger partial charge in [0.05, 0.1) is 6.61 Å². The van der Waals surface area contributed by atoms with Crippen molar-refractivity contribution in [1.82, 2.24) is 0 Å². The van der Waals surface area contributed by atoms with Crippen LogP contribution in [0.15, 0.2) is 0 Å².